The van der Waals surface area contributed by atoms with E-state index < -0.39 is 17.7 Å². The van der Waals surface area contributed by atoms with Gasteiger partial charge in [0.1, 0.15) is 11.5 Å². The summed E-state index contributed by atoms with van der Waals surface area (Å²) < 4.78 is 17.9. The van der Waals surface area contributed by atoms with E-state index in [1.165, 1.54) is 16.2 Å². The summed E-state index contributed by atoms with van der Waals surface area (Å²) >= 11 is 1.27. The number of ether oxygens (including phenoxy) is 3. The summed E-state index contributed by atoms with van der Waals surface area (Å²) in [4.78, 5) is 33.2. The molecular formula is C31H30N2O6S. The van der Waals surface area contributed by atoms with Gasteiger partial charge in [0.2, 0.25) is 0 Å². The number of fused-ring (bicyclic) bond motifs is 1. The van der Waals surface area contributed by atoms with Crippen LogP contribution >= 0.6 is 11.3 Å². The first-order valence-electron chi connectivity index (χ1n) is 13.1. The first kappa shape index (κ1) is 27.2. The standard InChI is InChI=1S/C31H30N2O6S/c1-5-15-39-23-14-11-20(16-24(23)38-6-2)27-26(28(34)19-9-7-18(3)8-10-19)29(35)30(36)33(27)31-32-22-13-12-21(37-4)17-25(22)40-31/h7-14,16-17,27,34H,5-6,15H2,1-4H3. The van der Waals surface area contributed by atoms with Crippen LogP contribution in [0.3, 0.4) is 0 Å². The van der Waals surface area contributed by atoms with Crippen molar-refractivity contribution in [3.63, 3.8) is 0 Å². The molecule has 1 unspecified atom stereocenters. The molecule has 1 aromatic heterocycles. The van der Waals surface area contributed by atoms with Gasteiger partial charge in [-0.25, -0.2) is 4.98 Å². The van der Waals surface area contributed by atoms with Crippen molar-refractivity contribution >= 4 is 44.1 Å². The first-order chi connectivity index (χ1) is 19.4. The highest BCUT2D eigenvalue weighted by molar-refractivity contribution is 7.22. The van der Waals surface area contributed by atoms with E-state index in [1.807, 2.05) is 39.0 Å². The minimum absolute atomic E-state index is 0.0182. The number of hydrogen-bond donors (Lipinski definition) is 1. The summed E-state index contributed by atoms with van der Waals surface area (Å²) in [5.41, 5.74) is 2.67. The Hall–Kier alpha value is -4.37. The van der Waals surface area contributed by atoms with E-state index in [2.05, 4.69) is 4.98 Å². The number of benzene rings is 3. The van der Waals surface area contributed by atoms with Crippen molar-refractivity contribution < 1.29 is 28.9 Å². The maximum Gasteiger partial charge on any atom is 0.301 e. The zero-order valence-electron chi connectivity index (χ0n) is 22.8. The van der Waals surface area contributed by atoms with Crippen molar-refractivity contribution in [2.75, 3.05) is 25.2 Å². The number of carbonyl (C=O) groups is 2. The highest BCUT2D eigenvalue weighted by atomic mass is 32.1. The zero-order valence-corrected chi connectivity index (χ0v) is 23.6. The smallest absolute Gasteiger partial charge is 0.301 e. The average Bonchev–Trinajstić information content (AvgIpc) is 3.49. The fraction of sp³-hybridized carbons (Fsp3) is 0.258. The molecular weight excluding hydrogens is 528 g/mol. The number of Topliss-reactive ketones (excluding diaryl/α,β-unsaturated/α-hetero) is 1. The van der Waals surface area contributed by atoms with Gasteiger partial charge in [0.05, 0.1) is 42.2 Å². The third kappa shape index (κ3) is 5.00. The molecule has 4 aromatic rings. The molecule has 2 heterocycles. The highest BCUT2D eigenvalue weighted by Gasteiger charge is 2.48. The predicted octanol–water partition coefficient (Wildman–Crippen LogP) is 6.43. The van der Waals surface area contributed by atoms with Crippen LogP contribution in [0.25, 0.3) is 16.0 Å². The van der Waals surface area contributed by atoms with E-state index >= 15 is 0 Å². The molecule has 1 N–H and O–H groups in total. The molecule has 1 amide bonds. The molecule has 9 heteroatoms. The molecule has 1 fully saturated rings. The van der Waals surface area contributed by atoms with Crippen molar-refractivity contribution in [3.05, 3.63) is 82.9 Å². The SMILES string of the molecule is CCCOc1ccc(C2C(=C(O)c3ccc(C)cc3)C(=O)C(=O)N2c2nc3ccc(OC)cc3s2)cc1OCC. The topological polar surface area (TPSA) is 98.2 Å². The number of nitrogens with zero attached hydrogens (tertiary/aromatic N) is 2. The third-order valence-corrected chi connectivity index (χ3v) is 7.62. The molecule has 1 atom stereocenters. The van der Waals surface area contributed by atoms with Crippen molar-refractivity contribution in [1.29, 1.82) is 0 Å². The predicted molar refractivity (Wildman–Crippen MR) is 156 cm³/mol. The maximum atomic E-state index is 13.6. The number of methoxy groups -OCH3 is 1. The van der Waals surface area contributed by atoms with E-state index in [-0.39, 0.29) is 11.3 Å². The van der Waals surface area contributed by atoms with Crippen LogP contribution in [-0.2, 0) is 9.59 Å². The van der Waals surface area contributed by atoms with Gasteiger partial charge in [-0.05, 0) is 56.2 Å². The van der Waals surface area contributed by atoms with E-state index in [1.54, 1.807) is 49.6 Å². The molecule has 1 aliphatic rings. The number of amides is 1. The molecule has 3 aromatic carbocycles. The molecule has 206 valence electrons. The summed E-state index contributed by atoms with van der Waals surface area (Å²) in [6, 6.07) is 16.9. The number of hydrogen-bond acceptors (Lipinski definition) is 8. The van der Waals surface area contributed by atoms with Gasteiger partial charge in [-0.3, -0.25) is 14.5 Å². The van der Waals surface area contributed by atoms with Gasteiger partial charge in [-0.2, -0.15) is 0 Å². The molecule has 5 rings (SSSR count). The van der Waals surface area contributed by atoms with Crippen LogP contribution in [0.1, 0.15) is 43.0 Å². The number of rotatable bonds is 9. The Morgan fingerprint density at radius 2 is 1.77 bits per heavy atom. The van der Waals surface area contributed by atoms with E-state index in [4.69, 9.17) is 14.2 Å². The summed E-state index contributed by atoms with van der Waals surface area (Å²) in [6.45, 7) is 6.73. The molecule has 0 bridgehead atoms. The van der Waals surface area contributed by atoms with Gasteiger partial charge >= 0.3 is 5.91 Å². The summed E-state index contributed by atoms with van der Waals surface area (Å²) in [6.07, 6.45) is 0.826. The largest absolute Gasteiger partial charge is 0.507 e. The fourth-order valence-corrected chi connectivity index (χ4v) is 5.65. The van der Waals surface area contributed by atoms with Gasteiger partial charge in [0, 0.05) is 5.56 Å². The van der Waals surface area contributed by atoms with E-state index in [9.17, 15) is 14.7 Å². The van der Waals surface area contributed by atoms with Crippen LogP contribution in [0.2, 0.25) is 0 Å². The number of anilines is 1. The second-order valence-electron chi connectivity index (χ2n) is 9.35. The van der Waals surface area contributed by atoms with Crippen LogP contribution in [0.4, 0.5) is 5.13 Å². The van der Waals surface area contributed by atoms with Gasteiger partial charge in [0.15, 0.2) is 16.6 Å². The number of ketones is 1. The minimum Gasteiger partial charge on any atom is -0.507 e. The molecule has 8 nitrogen and oxygen atoms in total. The molecule has 40 heavy (non-hydrogen) atoms. The Bertz CT molecular complexity index is 1610. The van der Waals surface area contributed by atoms with Gasteiger partial charge < -0.3 is 19.3 Å². The Balaban J connectivity index is 1.71. The monoisotopic (exact) mass is 558 g/mol. The minimum atomic E-state index is -0.941. The molecule has 1 saturated heterocycles. The Labute approximate surface area is 236 Å². The van der Waals surface area contributed by atoms with Gasteiger partial charge in [0.25, 0.3) is 5.78 Å². The number of aliphatic hydroxyl groups is 1. The lowest BCUT2D eigenvalue weighted by atomic mass is 9.95. The van der Waals surface area contributed by atoms with Crippen molar-refractivity contribution in [1.82, 2.24) is 4.98 Å². The first-order valence-corrected chi connectivity index (χ1v) is 13.9. The lowest BCUT2D eigenvalue weighted by molar-refractivity contribution is -0.132. The summed E-state index contributed by atoms with van der Waals surface area (Å²) in [5.74, 6) is -0.0980. The molecule has 0 aliphatic carbocycles. The van der Waals surface area contributed by atoms with Crippen molar-refractivity contribution in [2.45, 2.75) is 33.2 Å². The van der Waals surface area contributed by atoms with Crippen LogP contribution in [0, 0.1) is 6.92 Å². The van der Waals surface area contributed by atoms with Crippen molar-refractivity contribution in [3.8, 4) is 17.2 Å². The lowest BCUT2D eigenvalue weighted by Gasteiger charge is -2.24. The number of aryl methyl sites for hydroxylation is 1. The summed E-state index contributed by atoms with van der Waals surface area (Å²) in [7, 11) is 1.58. The third-order valence-electron chi connectivity index (χ3n) is 6.60. The Morgan fingerprint density at radius 3 is 2.48 bits per heavy atom. The Kier molecular flexibility index (Phi) is 7.75. The van der Waals surface area contributed by atoms with Crippen LogP contribution < -0.4 is 19.1 Å². The quantitative estimate of drug-likeness (QED) is 0.144. The molecule has 0 radical (unpaired) electrons. The van der Waals surface area contributed by atoms with E-state index in [0.717, 1.165) is 16.7 Å². The molecule has 1 aliphatic heterocycles. The average molecular weight is 559 g/mol. The van der Waals surface area contributed by atoms with Gasteiger partial charge in [-0.1, -0.05) is 54.2 Å². The highest BCUT2D eigenvalue weighted by Crippen LogP contribution is 2.46. The number of thiazole rings is 1. The van der Waals surface area contributed by atoms with E-state index in [0.29, 0.717) is 52.2 Å². The lowest BCUT2D eigenvalue weighted by Crippen LogP contribution is -2.29. The number of carbonyl (C=O) groups excluding carboxylic acids is 2. The van der Waals surface area contributed by atoms with Crippen molar-refractivity contribution in [2.24, 2.45) is 0 Å². The molecule has 0 spiro atoms. The Morgan fingerprint density at radius 1 is 1.00 bits per heavy atom. The van der Waals surface area contributed by atoms with Crippen LogP contribution in [-0.4, -0.2) is 42.1 Å². The maximum absolute atomic E-state index is 13.6. The number of aromatic nitrogens is 1. The zero-order chi connectivity index (χ0) is 28.4. The second kappa shape index (κ2) is 11.4. The second-order valence-corrected chi connectivity index (χ2v) is 10.4. The number of aliphatic hydroxyl groups excluding tert-OH is 1. The molecule has 0 saturated carbocycles. The van der Waals surface area contributed by atoms with Crippen LogP contribution in [0.15, 0.2) is 66.2 Å². The van der Waals surface area contributed by atoms with Crippen LogP contribution in [0.5, 0.6) is 17.2 Å². The summed E-state index contributed by atoms with van der Waals surface area (Å²) in [5, 5.41) is 11.8. The normalized spacial score (nSPS) is 16.5. The fourth-order valence-electron chi connectivity index (χ4n) is 4.63. The van der Waals surface area contributed by atoms with Gasteiger partial charge in [-0.15, -0.1) is 0 Å².